The summed E-state index contributed by atoms with van der Waals surface area (Å²) in [6, 6.07) is 11.5. The Morgan fingerprint density at radius 2 is 1.68 bits per heavy atom. The highest BCUT2D eigenvalue weighted by atomic mass is 35.5. The zero-order valence-electron chi connectivity index (χ0n) is 18.8. The third-order valence-electron chi connectivity index (χ3n) is 5.62. The molecule has 2 unspecified atom stereocenters. The van der Waals surface area contributed by atoms with Gasteiger partial charge in [0, 0.05) is 34.4 Å². The number of ether oxygens (including phenoxy) is 1. The fraction of sp³-hybridized carbons (Fsp3) is 0.417. The number of pyridine rings is 1. The first kappa shape index (κ1) is 22.9. The lowest BCUT2D eigenvalue weighted by Crippen LogP contribution is -2.55. The molecule has 3 rings (SSSR count). The van der Waals surface area contributed by atoms with Crippen molar-refractivity contribution >= 4 is 23.3 Å². The van der Waals surface area contributed by atoms with Gasteiger partial charge in [0.2, 0.25) is 0 Å². The molecule has 2 aromatic rings. The van der Waals surface area contributed by atoms with Crippen LogP contribution in [0.3, 0.4) is 0 Å². The van der Waals surface area contributed by atoms with Crippen molar-refractivity contribution in [2.24, 2.45) is 16.1 Å². The number of amides is 1. The number of alkyl carbamates (subject to hydrolysis) is 1. The summed E-state index contributed by atoms with van der Waals surface area (Å²) in [6.07, 6.45) is 4.80. The molecule has 0 fully saturated rings. The summed E-state index contributed by atoms with van der Waals surface area (Å²) in [5.74, 6) is -0.195. The third-order valence-corrected chi connectivity index (χ3v) is 5.87. The van der Waals surface area contributed by atoms with E-state index in [0.29, 0.717) is 5.02 Å². The standard InChI is InChI=1S/C24H29ClN4O2/c1-16(23(5,6)28-21(30)31-22(2,3)4)24(18-7-9-19(25)10-8-18)20(15-27-29-24)17-11-13-26-14-12-17/h7-16H,1-6H3,(H,28,30). The molecular weight excluding hydrogens is 412 g/mol. The monoisotopic (exact) mass is 440 g/mol. The minimum atomic E-state index is -0.829. The maximum Gasteiger partial charge on any atom is 0.408 e. The molecule has 1 aromatic carbocycles. The van der Waals surface area contributed by atoms with Crippen LogP contribution in [0.25, 0.3) is 5.57 Å². The van der Waals surface area contributed by atoms with E-state index in [1.807, 2.05) is 71.0 Å². The lowest BCUT2D eigenvalue weighted by atomic mass is 9.66. The fourth-order valence-electron chi connectivity index (χ4n) is 3.84. The molecule has 1 N–H and O–H groups in total. The van der Waals surface area contributed by atoms with E-state index in [2.05, 4.69) is 22.3 Å². The highest BCUT2D eigenvalue weighted by Gasteiger charge is 2.51. The number of azo groups is 1. The summed E-state index contributed by atoms with van der Waals surface area (Å²) in [4.78, 5) is 16.7. The summed E-state index contributed by atoms with van der Waals surface area (Å²) in [5, 5.41) is 12.8. The molecule has 1 aliphatic heterocycles. The average molecular weight is 441 g/mol. The van der Waals surface area contributed by atoms with Crippen LogP contribution in [0.2, 0.25) is 5.02 Å². The van der Waals surface area contributed by atoms with Crippen LogP contribution in [-0.2, 0) is 10.3 Å². The molecule has 1 aromatic heterocycles. The van der Waals surface area contributed by atoms with E-state index in [9.17, 15) is 4.79 Å². The van der Waals surface area contributed by atoms with Crippen LogP contribution >= 0.6 is 11.6 Å². The third kappa shape index (κ3) is 4.79. The molecule has 0 saturated heterocycles. The number of aromatic nitrogens is 1. The first-order chi connectivity index (χ1) is 14.5. The second-order valence-electron chi connectivity index (χ2n) is 9.34. The van der Waals surface area contributed by atoms with Crippen LogP contribution in [0.1, 0.15) is 52.7 Å². The first-order valence-electron chi connectivity index (χ1n) is 10.3. The Hall–Kier alpha value is -2.73. The number of nitrogens with one attached hydrogen (secondary N) is 1. The van der Waals surface area contributed by atoms with E-state index in [-0.39, 0.29) is 5.92 Å². The number of hydrogen-bond donors (Lipinski definition) is 1. The van der Waals surface area contributed by atoms with Crippen molar-refractivity contribution in [3.05, 3.63) is 71.1 Å². The molecule has 0 aliphatic carbocycles. The van der Waals surface area contributed by atoms with E-state index in [0.717, 1.165) is 16.7 Å². The highest BCUT2D eigenvalue weighted by molar-refractivity contribution is 6.30. The number of carbonyl (C=O) groups is 1. The maximum absolute atomic E-state index is 12.6. The minimum absolute atomic E-state index is 0.195. The lowest BCUT2D eigenvalue weighted by molar-refractivity contribution is 0.0418. The molecule has 2 atom stereocenters. The molecule has 0 saturated carbocycles. The van der Waals surface area contributed by atoms with Gasteiger partial charge in [0.05, 0.1) is 6.20 Å². The zero-order valence-corrected chi connectivity index (χ0v) is 19.6. The van der Waals surface area contributed by atoms with Crippen molar-refractivity contribution in [2.75, 3.05) is 0 Å². The number of rotatable bonds is 5. The van der Waals surface area contributed by atoms with Gasteiger partial charge >= 0.3 is 6.09 Å². The van der Waals surface area contributed by atoms with E-state index in [4.69, 9.17) is 21.5 Å². The van der Waals surface area contributed by atoms with Gasteiger partial charge in [-0.15, -0.1) is 0 Å². The van der Waals surface area contributed by atoms with Gasteiger partial charge in [-0.05, 0) is 70.0 Å². The number of halogens is 1. The van der Waals surface area contributed by atoms with Crippen molar-refractivity contribution in [3.63, 3.8) is 0 Å². The van der Waals surface area contributed by atoms with Gasteiger partial charge < -0.3 is 10.1 Å². The van der Waals surface area contributed by atoms with E-state index in [1.165, 1.54) is 0 Å². The topological polar surface area (TPSA) is 75.9 Å². The summed E-state index contributed by atoms with van der Waals surface area (Å²) < 4.78 is 5.51. The van der Waals surface area contributed by atoms with E-state index < -0.39 is 22.8 Å². The summed E-state index contributed by atoms with van der Waals surface area (Å²) >= 11 is 6.17. The van der Waals surface area contributed by atoms with Crippen molar-refractivity contribution in [3.8, 4) is 0 Å². The molecule has 0 spiro atoms. The van der Waals surface area contributed by atoms with Crippen LogP contribution in [0, 0.1) is 5.92 Å². The van der Waals surface area contributed by atoms with Gasteiger partial charge in [0.25, 0.3) is 0 Å². The summed E-state index contributed by atoms with van der Waals surface area (Å²) in [6.45, 7) is 11.5. The zero-order chi connectivity index (χ0) is 22.9. The van der Waals surface area contributed by atoms with Crippen molar-refractivity contribution in [2.45, 2.75) is 58.2 Å². The number of carbonyl (C=O) groups excluding carboxylic acids is 1. The molecule has 164 valence electrons. The number of nitrogens with zero attached hydrogens (tertiary/aromatic N) is 3. The second-order valence-corrected chi connectivity index (χ2v) is 9.77. The van der Waals surface area contributed by atoms with Crippen molar-refractivity contribution < 1.29 is 9.53 Å². The molecular formula is C24H29ClN4O2. The number of hydrogen-bond acceptors (Lipinski definition) is 5. The SMILES string of the molecule is CC(C(C)(C)NC(=O)OC(C)(C)C)C1(c2ccc(Cl)cc2)N=NC=C1c1ccncc1. The van der Waals surface area contributed by atoms with E-state index in [1.54, 1.807) is 18.6 Å². The Morgan fingerprint density at radius 1 is 1.06 bits per heavy atom. The molecule has 0 bridgehead atoms. The number of benzene rings is 1. The molecule has 1 aliphatic rings. The van der Waals surface area contributed by atoms with Gasteiger partial charge in [0.1, 0.15) is 11.1 Å². The second kappa shape index (κ2) is 8.42. The van der Waals surface area contributed by atoms with Gasteiger partial charge in [-0.25, -0.2) is 4.79 Å². The van der Waals surface area contributed by atoms with E-state index >= 15 is 0 Å². The Labute approximate surface area is 188 Å². The Bertz CT molecular complexity index is 994. The van der Waals surface area contributed by atoms with Gasteiger partial charge in [0.15, 0.2) is 0 Å². The molecule has 7 heteroatoms. The fourth-order valence-corrected chi connectivity index (χ4v) is 3.97. The minimum Gasteiger partial charge on any atom is -0.444 e. The Kier molecular flexibility index (Phi) is 6.23. The Balaban J connectivity index is 2.07. The van der Waals surface area contributed by atoms with Gasteiger partial charge in [-0.2, -0.15) is 10.2 Å². The smallest absolute Gasteiger partial charge is 0.408 e. The molecule has 0 radical (unpaired) electrons. The van der Waals surface area contributed by atoms with Crippen LogP contribution in [0.5, 0.6) is 0 Å². The maximum atomic E-state index is 12.6. The quantitative estimate of drug-likeness (QED) is 0.586. The molecule has 31 heavy (non-hydrogen) atoms. The predicted molar refractivity (Wildman–Crippen MR) is 123 cm³/mol. The summed E-state index contributed by atoms with van der Waals surface area (Å²) in [5.41, 5.74) is 0.736. The average Bonchev–Trinajstić information content (AvgIpc) is 3.12. The molecule has 2 heterocycles. The van der Waals surface area contributed by atoms with Crippen LogP contribution in [-0.4, -0.2) is 22.2 Å². The predicted octanol–water partition coefficient (Wildman–Crippen LogP) is 6.38. The van der Waals surface area contributed by atoms with Crippen molar-refractivity contribution in [1.82, 2.24) is 10.3 Å². The van der Waals surface area contributed by atoms with Crippen LogP contribution < -0.4 is 5.32 Å². The summed E-state index contributed by atoms with van der Waals surface area (Å²) in [7, 11) is 0. The highest BCUT2D eigenvalue weighted by Crippen LogP contribution is 2.52. The van der Waals surface area contributed by atoms with Gasteiger partial charge in [-0.3, -0.25) is 4.98 Å². The molecule has 1 amide bonds. The van der Waals surface area contributed by atoms with Crippen LogP contribution in [0.4, 0.5) is 4.79 Å². The normalized spacial score (nSPS) is 19.6. The van der Waals surface area contributed by atoms with Gasteiger partial charge in [-0.1, -0.05) is 30.7 Å². The van der Waals surface area contributed by atoms with Crippen LogP contribution in [0.15, 0.2) is 65.2 Å². The first-order valence-corrected chi connectivity index (χ1v) is 10.6. The van der Waals surface area contributed by atoms with Crippen molar-refractivity contribution in [1.29, 1.82) is 0 Å². The lowest BCUT2D eigenvalue weighted by Gasteiger charge is -2.44. The Morgan fingerprint density at radius 3 is 2.26 bits per heavy atom. The largest absolute Gasteiger partial charge is 0.444 e. The molecule has 6 nitrogen and oxygen atoms in total.